The first-order valence-corrected chi connectivity index (χ1v) is 6.32. The summed E-state index contributed by atoms with van der Waals surface area (Å²) in [6.07, 6.45) is 1.50. The lowest BCUT2D eigenvalue weighted by Gasteiger charge is -2.11. The van der Waals surface area contributed by atoms with Crippen molar-refractivity contribution in [3.63, 3.8) is 0 Å². The molecule has 1 unspecified atom stereocenters. The largest absolute Gasteiger partial charge is 0.324 e. The van der Waals surface area contributed by atoms with E-state index in [-0.39, 0.29) is 6.04 Å². The third kappa shape index (κ3) is 3.35. The summed E-state index contributed by atoms with van der Waals surface area (Å²) >= 11 is 1.63. The summed E-state index contributed by atoms with van der Waals surface area (Å²) in [6.45, 7) is 0. The van der Waals surface area contributed by atoms with Crippen LogP contribution in [0.25, 0.3) is 0 Å². The van der Waals surface area contributed by atoms with Gasteiger partial charge in [0.2, 0.25) is 0 Å². The summed E-state index contributed by atoms with van der Waals surface area (Å²) in [7, 11) is 0. The van der Waals surface area contributed by atoms with Crippen molar-refractivity contribution >= 4 is 11.3 Å². The molecule has 1 aromatic heterocycles. The van der Waals surface area contributed by atoms with Gasteiger partial charge in [0.05, 0.1) is 0 Å². The molecule has 4 heteroatoms. The van der Waals surface area contributed by atoms with Gasteiger partial charge in [-0.2, -0.15) is 11.3 Å². The summed E-state index contributed by atoms with van der Waals surface area (Å²) in [6, 6.07) is 5.14. The monoisotopic (exact) mass is 253 g/mol. The molecular formula is C13H13F2NS. The second kappa shape index (κ2) is 5.38. The van der Waals surface area contributed by atoms with Crippen LogP contribution in [0, 0.1) is 11.6 Å². The lowest BCUT2D eigenvalue weighted by molar-refractivity contribution is 0.567. The topological polar surface area (TPSA) is 26.0 Å². The smallest absolute Gasteiger partial charge is 0.126 e. The van der Waals surface area contributed by atoms with Gasteiger partial charge >= 0.3 is 0 Å². The minimum absolute atomic E-state index is 0.333. The highest BCUT2D eigenvalue weighted by molar-refractivity contribution is 7.07. The van der Waals surface area contributed by atoms with E-state index >= 15 is 0 Å². The highest BCUT2D eigenvalue weighted by Crippen LogP contribution is 2.20. The van der Waals surface area contributed by atoms with Crippen molar-refractivity contribution in [3.8, 4) is 0 Å². The fraction of sp³-hybridized carbons (Fsp3) is 0.231. The van der Waals surface area contributed by atoms with Crippen molar-refractivity contribution in [2.24, 2.45) is 5.73 Å². The molecule has 1 aromatic carbocycles. The van der Waals surface area contributed by atoms with Crippen LogP contribution < -0.4 is 5.73 Å². The zero-order valence-electron chi connectivity index (χ0n) is 9.20. The molecule has 0 radical (unpaired) electrons. The molecule has 1 nitrogen and oxygen atoms in total. The van der Waals surface area contributed by atoms with Crippen LogP contribution in [0.2, 0.25) is 0 Å². The summed E-state index contributed by atoms with van der Waals surface area (Å²) < 4.78 is 26.0. The van der Waals surface area contributed by atoms with E-state index < -0.39 is 11.6 Å². The first-order valence-electron chi connectivity index (χ1n) is 5.38. The predicted molar refractivity (Wildman–Crippen MR) is 65.9 cm³/mol. The van der Waals surface area contributed by atoms with Crippen LogP contribution in [0.1, 0.15) is 23.6 Å². The number of hydrogen-bond donors (Lipinski definition) is 1. The van der Waals surface area contributed by atoms with Gasteiger partial charge in [0, 0.05) is 12.1 Å². The molecule has 0 saturated heterocycles. The van der Waals surface area contributed by atoms with E-state index in [1.807, 2.05) is 11.4 Å². The quantitative estimate of drug-likeness (QED) is 0.884. The van der Waals surface area contributed by atoms with Gasteiger partial charge in [0.15, 0.2) is 0 Å². The number of rotatable bonds is 4. The Balaban J connectivity index is 2.01. The molecule has 90 valence electrons. The van der Waals surface area contributed by atoms with E-state index in [4.69, 9.17) is 5.73 Å². The molecule has 0 aliphatic heterocycles. The van der Waals surface area contributed by atoms with Crippen LogP contribution in [0.15, 0.2) is 35.0 Å². The Kier molecular flexibility index (Phi) is 3.86. The van der Waals surface area contributed by atoms with E-state index in [1.54, 1.807) is 11.3 Å². The molecule has 0 saturated carbocycles. The lowest BCUT2D eigenvalue weighted by Crippen LogP contribution is -2.11. The normalized spacial score (nSPS) is 12.6. The van der Waals surface area contributed by atoms with Crippen LogP contribution in [-0.2, 0) is 6.42 Å². The number of hydrogen-bond acceptors (Lipinski definition) is 2. The molecule has 0 aliphatic rings. The van der Waals surface area contributed by atoms with Gasteiger partial charge in [-0.15, -0.1) is 0 Å². The summed E-state index contributed by atoms with van der Waals surface area (Å²) in [5.74, 6) is -1.16. The highest BCUT2D eigenvalue weighted by atomic mass is 32.1. The molecule has 0 bridgehead atoms. The highest BCUT2D eigenvalue weighted by Gasteiger charge is 2.09. The van der Waals surface area contributed by atoms with Gasteiger partial charge < -0.3 is 5.73 Å². The zero-order chi connectivity index (χ0) is 12.3. The predicted octanol–water partition coefficient (Wildman–Crippen LogP) is 3.66. The molecule has 17 heavy (non-hydrogen) atoms. The molecule has 2 rings (SSSR count). The van der Waals surface area contributed by atoms with Crippen molar-refractivity contribution in [1.29, 1.82) is 0 Å². The van der Waals surface area contributed by atoms with Crippen molar-refractivity contribution in [1.82, 2.24) is 0 Å². The molecule has 2 aromatic rings. The number of nitrogens with two attached hydrogens (primary N) is 1. The van der Waals surface area contributed by atoms with Gasteiger partial charge in [-0.05, 0) is 52.9 Å². The third-order valence-corrected chi connectivity index (χ3v) is 3.37. The Labute approximate surface area is 103 Å². The van der Waals surface area contributed by atoms with Crippen molar-refractivity contribution in [3.05, 3.63) is 57.8 Å². The van der Waals surface area contributed by atoms with Crippen LogP contribution in [0.3, 0.4) is 0 Å². The molecule has 1 atom stereocenters. The van der Waals surface area contributed by atoms with Gasteiger partial charge in [-0.1, -0.05) is 0 Å². The molecule has 0 spiro atoms. The molecule has 0 aliphatic carbocycles. The van der Waals surface area contributed by atoms with Crippen LogP contribution in [-0.4, -0.2) is 0 Å². The molecule has 1 heterocycles. The molecular weight excluding hydrogens is 240 g/mol. The number of halogens is 2. The molecule has 0 amide bonds. The molecule has 2 N–H and O–H groups in total. The van der Waals surface area contributed by atoms with Crippen molar-refractivity contribution in [2.45, 2.75) is 18.9 Å². The Morgan fingerprint density at radius 2 is 1.88 bits per heavy atom. The van der Waals surface area contributed by atoms with Crippen molar-refractivity contribution in [2.75, 3.05) is 0 Å². The zero-order valence-corrected chi connectivity index (χ0v) is 10.0. The SMILES string of the molecule is NC(CCc1ccsc1)c1cc(F)cc(F)c1. The van der Waals surface area contributed by atoms with E-state index in [9.17, 15) is 8.78 Å². The van der Waals surface area contributed by atoms with E-state index in [0.717, 1.165) is 12.5 Å². The van der Waals surface area contributed by atoms with Crippen LogP contribution in [0.4, 0.5) is 8.78 Å². The lowest BCUT2D eigenvalue weighted by atomic mass is 10.0. The second-order valence-corrected chi connectivity index (χ2v) is 4.76. The van der Waals surface area contributed by atoms with Crippen LogP contribution in [0.5, 0.6) is 0 Å². The van der Waals surface area contributed by atoms with E-state index in [0.29, 0.717) is 12.0 Å². The minimum atomic E-state index is -0.578. The van der Waals surface area contributed by atoms with E-state index in [2.05, 4.69) is 5.38 Å². The van der Waals surface area contributed by atoms with Gasteiger partial charge in [-0.3, -0.25) is 0 Å². The maximum Gasteiger partial charge on any atom is 0.126 e. The second-order valence-electron chi connectivity index (χ2n) is 3.98. The summed E-state index contributed by atoms with van der Waals surface area (Å²) in [5, 5.41) is 4.06. The fourth-order valence-corrected chi connectivity index (χ4v) is 2.42. The standard InChI is InChI=1S/C13H13F2NS/c14-11-5-10(6-12(15)7-11)13(16)2-1-9-3-4-17-8-9/h3-8,13H,1-2,16H2. The Morgan fingerprint density at radius 1 is 1.18 bits per heavy atom. The maximum absolute atomic E-state index is 13.0. The van der Waals surface area contributed by atoms with Crippen molar-refractivity contribution < 1.29 is 8.78 Å². The number of thiophene rings is 1. The third-order valence-electron chi connectivity index (χ3n) is 2.64. The molecule has 0 fully saturated rings. The Morgan fingerprint density at radius 3 is 2.47 bits per heavy atom. The minimum Gasteiger partial charge on any atom is -0.324 e. The summed E-state index contributed by atoms with van der Waals surface area (Å²) in [4.78, 5) is 0. The first-order chi connectivity index (χ1) is 8.15. The number of benzene rings is 1. The Hall–Kier alpha value is -1.26. The van der Waals surface area contributed by atoms with Gasteiger partial charge in [0.1, 0.15) is 11.6 Å². The van der Waals surface area contributed by atoms with Crippen LogP contribution >= 0.6 is 11.3 Å². The van der Waals surface area contributed by atoms with E-state index in [1.165, 1.54) is 17.7 Å². The van der Waals surface area contributed by atoms with Gasteiger partial charge in [-0.25, -0.2) is 8.78 Å². The summed E-state index contributed by atoms with van der Waals surface area (Å²) in [5.41, 5.74) is 7.64. The first kappa shape index (κ1) is 12.2. The fourth-order valence-electron chi connectivity index (χ4n) is 1.71. The average molecular weight is 253 g/mol. The number of aryl methyl sites for hydroxylation is 1. The van der Waals surface area contributed by atoms with Gasteiger partial charge in [0.25, 0.3) is 0 Å². The maximum atomic E-state index is 13.0. The Bertz CT molecular complexity index is 462. The average Bonchev–Trinajstić information content (AvgIpc) is 2.77.